The van der Waals surface area contributed by atoms with Gasteiger partial charge in [0.2, 0.25) is 0 Å². The third kappa shape index (κ3) is 3.92. The summed E-state index contributed by atoms with van der Waals surface area (Å²) >= 11 is 0. The first kappa shape index (κ1) is 25.3. The molecule has 0 N–H and O–H groups in total. The molecular weight excluding hydrogens is 492 g/mol. The monoisotopic (exact) mass is 522 g/mol. The largest absolute Gasteiger partial charge is 0.308 e. The number of aromatic nitrogens is 1. The Morgan fingerprint density at radius 2 is 1.15 bits per heavy atom. The van der Waals surface area contributed by atoms with E-state index in [1.54, 1.807) is 6.07 Å². The van der Waals surface area contributed by atoms with Crippen LogP contribution in [0.2, 0.25) is 0 Å². The Kier molecular flexibility index (Phi) is 6.31. The van der Waals surface area contributed by atoms with E-state index < -0.39 is 0 Å². The van der Waals surface area contributed by atoms with Gasteiger partial charge in [-0.3, -0.25) is 9.59 Å². The molecule has 1 aliphatic rings. The number of carbonyl (C=O) groups excluding carboxylic acids is 2. The van der Waals surface area contributed by atoms with Crippen LogP contribution in [0.5, 0.6) is 0 Å². The van der Waals surface area contributed by atoms with Gasteiger partial charge in [-0.1, -0.05) is 86.6 Å². The lowest BCUT2D eigenvalue weighted by molar-refractivity contribution is 0.0926. The van der Waals surface area contributed by atoms with Crippen LogP contribution in [0.15, 0.2) is 109 Å². The van der Waals surface area contributed by atoms with E-state index in [2.05, 4.69) is 54.8 Å². The summed E-state index contributed by atoms with van der Waals surface area (Å²) < 4.78 is 2.14. The van der Waals surface area contributed by atoms with Crippen LogP contribution in [-0.4, -0.2) is 16.4 Å². The maximum atomic E-state index is 14.1. The third-order valence-electron chi connectivity index (χ3n) is 7.42. The van der Waals surface area contributed by atoms with Gasteiger partial charge >= 0.3 is 0 Å². The van der Waals surface area contributed by atoms with Gasteiger partial charge in [-0.25, -0.2) is 4.90 Å². The lowest BCUT2D eigenvalue weighted by Gasteiger charge is -2.16. The van der Waals surface area contributed by atoms with Crippen LogP contribution in [-0.2, 0) is 0 Å². The predicted octanol–water partition coefficient (Wildman–Crippen LogP) is 8.89. The van der Waals surface area contributed by atoms with Gasteiger partial charge in [0.25, 0.3) is 11.8 Å². The molecule has 0 atom stereocenters. The van der Waals surface area contributed by atoms with E-state index in [4.69, 9.17) is 0 Å². The van der Waals surface area contributed by atoms with Crippen molar-refractivity contribution in [2.75, 3.05) is 4.90 Å². The Balaban J connectivity index is 0.00000142. The second-order valence-corrected chi connectivity index (χ2v) is 9.94. The lowest BCUT2D eigenvalue weighted by Crippen LogP contribution is -2.29. The van der Waals surface area contributed by atoms with Gasteiger partial charge in [0.05, 0.1) is 33.5 Å². The van der Waals surface area contributed by atoms with Crippen LogP contribution in [0.4, 0.5) is 5.69 Å². The highest BCUT2D eigenvalue weighted by molar-refractivity contribution is 6.36. The molecule has 40 heavy (non-hydrogen) atoms. The molecule has 0 radical (unpaired) electrons. The standard InChI is InChI=1S/C34H24N2O2.C2H6/c1-21-14-16-26-27-17-15-22(2)19-31(27)36(30(26)18-21)29-13-7-12-28-32(29)34(38)35(33(28)37)25-11-6-10-24(20-25)23-8-4-3-5-9-23;1-2/h3-20H,1-2H3;1-2H3. The van der Waals surface area contributed by atoms with E-state index in [9.17, 15) is 9.59 Å². The van der Waals surface area contributed by atoms with E-state index in [0.29, 0.717) is 16.8 Å². The maximum Gasteiger partial charge on any atom is 0.268 e. The highest BCUT2D eigenvalue weighted by atomic mass is 16.2. The number of hydrogen-bond acceptors (Lipinski definition) is 2. The van der Waals surface area contributed by atoms with Crippen molar-refractivity contribution in [3.8, 4) is 16.8 Å². The van der Waals surface area contributed by atoms with Gasteiger partial charge in [-0.15, -0.1) is 0 Å². The smallest absolute Gasteiger partial charge is 0.268 e. The van der Waals surface area contributed by atoms with Gasteiger partial charge in [-0.2, -0.15) is 0 Å². The van der Waals surface area contributed by atoms with Crippen LogP contribution >= 0.6 is 0 Å². The number of benzene rings is 5. The molecule has 0 unspecified atom stereocenters. The fourth-order valence-electron chi connectivity index (χ4n) is 5.64. The molecule has 196 valence electrons. The molecule has 5 aromatic carbocycles. The summed E-state index contributed by atoms with van der Waals surface area (Å²) in [4.78, 5) is 29.1. The number of fused-ring (bicyclic) bond motifs is 4. The number of rotatable bonds is 3. The molecule has 7 rings (SSSR count). The molecule has 4 heteroatoms. The average molecular weight is 523 g/mol. The zero-order chi connectivity index (χ0) is 28.0. The van der Waals surface area contributed by atoms with Crippen LogP contribution < -0.4 is 4.90 Å². The molecule has 0 saturated carbocycles. The number of imide groups is 1. The van der Waals surface area contributed by atoms with Crippen molar-refractivity contribution in [1.82, 2.24) is 4.57 Å². The fourth-order valence-corrected chi connectivity index (χ4v) is 5.64. The van der Waals surface area contributed by atoms with Crippen molar-refractivity contribution >= 4 is 39.3 Å². The summed E-state index contributed by atoms with van der Waals surface area (Å²) in [5.41, 5.74) is 8.43. The molecule has 4 nitrogen and oxygen atoms in total. The molecule has 2 amide bonds. The minimum absolute atomic E-state index is 0.301. The van der Waals surface area contributed by atoms with E-state index in [1.807, 2.05) is 80.6 Å². The molecule has 0 aliphatic carbocycles. The molecule has 0 fully saturated rings. The minimum atomic E-state index is -0.305. The molecule has 0 spiro atoms. The highest BCUT2D eigenvalue weighted by Crippen LogP contribution is 2.38. The quantitative estimate of drug-likeness (QED) is 0.218. The van der Waals surface area contributed by atoms with Gasteiger partial charge < -0.3 is 4.57 Å². The Bertz CT molecular complexity index is 1870. The van der Waals surface area contributed by atoms with Crippen molar-refractivity contribution in [2.24, 2.45) is 0 Å². The van der Waals surface area contributed by atoms with Crippen LogP contribution in [0.3, 0.4) is 0 Å². The zero-order valence-electron chi connectivity index (χ0n) is 23.1. The van der Waals surface area contributed by atoms with Crippen LogP contribution in [0.1, 0.15) is 45.7 Å². The first-order valence-corrected chi connectivity index (χ1v) is 13.7. The second kappa shape index (κ2) is 9.97. The number of hydrogen-bond donors (Lipinski definition) is 0. The predicted molar refractivity (Wildman–Crippen MR) is 165 cm³/mol. The number of amides is 2. The zero-order valence-corrected chi connectivity index (χ0v) is 23.1. The van der Waals surface area contributed by atoms with E-state index in [-0.39, 0.29) is 11.8 Å². The van der Waals surface area contributed by atoms with Gasteiger partial charge in [0, 0.05) is 10.8 Å². The molecule has 6 aromatic rings. The first-order chi connectivity index (χ1) is 19.5. The first-order valence-electron chi connectivity index (χ1n) is 13.7. The maximum absolute atomic E-state index is 14.1. The molecule has 2 heterocycles. The van der Waals surface area contributed by atoms with E-state index >= 15 is 0 Å². The van der Waals surface area contributed by atoms with Crippen LogP contribution in [0, 0.1) is 13.8 Å². The van der Waals surface area contributed by atoms with Crippen molar-refractivity contribution in [2.45, 2.75) is 27.7 Å². The Hall–Kier alpha value is -4.96. The Morgan fingerprint density at radius 1 is 0.550 bits per heavy atom. The van der Waals surface area contributed by atoms with Gasteiger partial charge in [-0.05, 0) is 72.5 Å². The highest BCUT2D eigenvalue weighted by Gasteiger charge is 2.39. The van der Waals surface area contributed by atoms with Crippen molar-refractivity contribution in [1.29, 1.82) is 0 Å². The number of aryl methyl sites for hydroxylation is 2. The molecule has 0 bridgehead atoms. The molecule has 1 aromatic heterocycles. The second-order valence-electron chi connectivity index (χ2n) is 9.94. The topological polar surface area (TPSA) is 42.3 Å². The number of carbonyl (C=O) groups is 2. The number of anilines is 1. The van der Waals surface area contributed by atoms with Crippen LogP contribution in [0.25, 0.3) is 38.6 Å². The minimum Gasteiger partial charge on any atom is -0.308 e. The van der Waals surface area contributed by atoms with E-state index in [0.717, 1.165) is 49.7 Å². The van der Waals surface area contributed by atoms with Crippen molar-refractivity contribution in [3.05, 3.63) is 131 Å². The van der Waals surface area contributed by atoms with Gasteiger partial charge in [0.15, 0.2) is 0 Å². The Morgan fingerprint density at radius 3 is 1.80 bits per heavy atom. The third-order valence-corrected chi connectivity index (χ3v) is 7.42. The SMILES string of the molecule is CC.Cc1ccc2c3ccc(C)cc3n(-c3cccc4c3C(=O)N(c3cccc(-c5ccccc5)c3)C4=O)c2c1. The number of nitrogens with zero attached hydrogens (tertiary/aromatic N) is 2. The summed E-state index contributed by atoms with van der Waals surface area (Å²) in [6.45, 7) is 8.14. The fraction of sp³-hybridized carbons (Fsp3) is 0.111. The van der Waals surface area contributed by atoms with Gasteiger partial charge in [0.1, 0.15) is 0 Å². The molecule has 1 aliphatic heterocycles. The van der Waals surface area contributed by atoms with E-state index in [1.165, 1.54) is 4.90 Å². The normalized spacial score (nSPS) is 12.6. The average Bonchev–Trinajstić information content (AvgIpc) is 3.44. The molecular formula is C36H30N2O2. The summed E-state index contributed by atoms with van der Waals surface area (Å²) in [6, 6.07) is 35.9. The summed E-state index contributed by atoms with van der Waals surface area (Å²) in [6.07, 6.45) is 0. The molecule has 0 saturated heterocycles. The lowest BCUT2D eigenvalue weighted by atomic mass is 10.0. The summed E-state index contributed by atoms with van der Waals surface area (Å²) in [5, 5.41) is 2.24. The summed E-state index contributed by atoms with van der Waals surface area (Å²) in [7, 11) is 0. The van der Waals surface area contributed by atoms with Crippen molar-refractivity contribution < 1.29 is 9.59 Å². The van der Waals surface area contributed by atoms with Crippen molar-refractivity contribution in [3.63, 3.8) is 0 Å². The summed E-state index contributed by atoms with van der Waals surface area (Å²) in [5.74, 6) is -0.605. The Labute approximate surface area is 234 Å².